The lowest BCUT2D eigenvalue weighted by atomic mass is 10.0. The van der Waals surface area contributed by atoms with Gasteiger partial charge in [0.05, 0.1) is 17.4 Å². The van der Waals surface area contributed by atoms with E-state index in [4.69, 9.17) is 9.47 Å². The van der Waals surface area contributed by atoms with E-state index in [2.05, 4.69) is 31.7 Å². The van der Waals surface area contributed by atoms with E-state index in [-0.39, 0.29) is 12.6 Å². The van der Waals surface area contributed by atoms with Crippen molar-refractivity contribution >= 4 is 17.7 Å². The molecule has 1 aromatic heterocycles. The van der Waals surface area contributed by atoms with Gasteiger partial charge < -0.3 is 9.47 Å². The van der Waals surface area contributed by atoms with Crippen molar-refractivity contribution in [2.75, 3.05) is 11.5 Å². The first kappa shape index (κ1) is 17.4. The minimum Gasteiger partial charge on any atom is -0.462 e. The summed E-state index contributed by atoms with van der Waals surface area (Å²) in [6, 6.07) is 9.52. The highest BCUT2D eigenvalue weighted by atomic mass is 16.6. The van der Waals surface area contributed by atoms with Crippen LogP contribution in [0.4, 0.5) is 10.5 Å². The van der Waals surface area contributed by atoms with Crippen LogP contribution in [0.2, 0.25) is 0 Å². The number of esters is 1. The van der Waals surface area contributed by atoms with Gasteiger partial charge in [0.2, 0.25) is 6.17 Å². The summed E-state index contributed by atoms with van der Waals surface area (Å²) < 4.78 is 10.4. The van der Waals surface area contributed by atoms with Gasteiger partial charge in [0, 0.05) is 18.7 Å². The van der Waals surface area contributed by atoms with Gasteiger partial charge in [-0.3, -0.25) is 14.7 Å². The molecule has 4 heterocycles. The van der Waals surface area contributed by atoms with Crippen LogP contribution in [0, 0.1) is 0 Å². The molecule has 0 spiro atoms. The zero-order valence-corrected chi connectivity index (χ0v) is 15.4. The number of aromatic nitrogens is 1. The Balaban J connectivity index is 1.38. The molecular weight excluding hydrogens is 376 g/mol. The molecule has 1 fully saturated rings. The first-order valence-corrected chi connectivity index (χ1v) is 9.12. The molecule has 1 saturated heterocycles. The summed E-state index contributed by atoms with van der Waals surface area (Å²) in [5, 5.41) is 14.7. The van der Waals surface area contributed by atoms with E-state index >= 15 is 0 Å². The number of anilines is 1. The molecular formula is C19H16N6O4. The van der Waals surface area contributed by atoms with Crippen LogP contribution in [0.3, 0.4) is 0 Å². The molecule has 0 aliphatic carbocycles. The Bertz CT molecular complexity index is 1040. The predicted octanol–water partition coefficient (Wildman–Crippen LogP) is 3.39. The topological polar surface area (TPSA) is 118 Å². The SMILES string of the molecule is CC(=O)OC[C@@H]1OC(=O)N2c3ccc(-c4ccc(C5N=NN=N5)nc4)cc3C[C@@H]12. The van der Waals surface area contributed by atoms with Gasteiger partial charge >= 0.3 is 12.1 Å². The van der Waals surface area contributed by atoms with Crippen LogP contribution in [0.5, 0.6) is 0 Å². The number of hydrogen-bond acceptors (Lipinski definition) is 9. The number of nitrogens with zero attached hydrogens (tertiary/aromatic N) is 6. The van der Waals surface area contributed by atoms with Crippen molar-refractivity contribution < 1.29 is 19.1 Å². The number of rotatable bonds is 4. The number of carbonyl (C=O) groups excluding carboxylic acids is 2. The van der Waals surface area contributed by atoms with Crippen LogP contribution in [0.25, 0.3) is 11.1 Å². The van der Waals surface area contributed by atoms with Gasteiger partial charge in [0.15, 0.2) is 6.10 Å². The van der Waals surface area contributed by atoms with Crippen LogP contribution in [0.1, 0.15) is 24.3 Å². The predicted molar refractivity (Wildman–Crippen MR) is 99.0 cm³/mol. The quantitative estimate of drug-likeness (QED) is 0.739. The van der Waals surface area contributed by atoms with Gasteiger partial charge in [-0.1, -0.05) is 12.1 Å². The number of cyclic esters (lactones) is 1. The maximum atomic E-state index is 12.3. The number of fused-ring (bicyclic) bond motifs is 3. The van der Waals surface area contributed by atoms with Gasteiger partial charge in [-0.15, -0.1) is 10.2 Å². The standard InChI is InChI=1S/C19H16N6O4/c1-10(26)28-9-17-16-7-13-6-11(3-5-15(13)25(16)19(27)29-17)12-2-4-14(20-8-12)18-21-23-24-22-18/h2-6,8,16-18H,7,9H2,1H3/t16-,17-/m0/s1. The van der Waals surface area contributed by atoms with E-state index in [1.807, 2.05) is 24.3 Å². The molecule has 5 rings (SSSR count). The van der Waals surface area contributed by atoms with Gasteiger partial charge in [-0.25, -0.2) is 4.79 Å². The number of hydrogen-bond donors (Lipinski definition) is 0. The van der Waals surface area contributed by atoms with Crippen molar-refractivity contribution in [2.45, 2.75) is 31.7 Å². The molecule has 1 aromatic carbocycles. The third-order valence-electron chi connectivity index (χ3n) is 5.17. The second kappa shape index (κ2) is 6.73. The number of amides is 1. The molecule has 1 amide bonds. The molecule has 146 valence electrons. The third-order valence-corrected chi connectivity index (χ3v) is 5.17. The first-order valence-electron chi connectivity index (χ1n) is 9.12. The molecule has 0 N–H and O–H groups in total. The Morgan fingerprint density at radius 3 is 2.72 bits per heavy atom. The molecule has 2 atom stereocenters. The van der Waals surface area contributed by atoms with Crippen molar-refractivity contribution in [3.05, 3.63) is 47.8 Å². The molecule has 10 heteroatoms. The highest BCUT2D eigenvalue weighted by molar-refractivity contribution is 5.94. The average molecular weight is 392 g/mol. The Morgan fingerprint density at radius 1 is 1.21 bits per heavy atom. The number of pyridine rings is 1. The zero-order chi connectivity index (χ0) is 20.0. The Labute approximate surface area is 165 Å². The van der Waals surface area contributed by atoms with Gasteiger partial charge in [-0.2, -0.15) is 0 Å². The van der Waals surface area contributed by atoms with Gasteiger partial charge in [0.25, 0.3) is 0 Å². The monoisotopic (exact) mass is 392 g/mol. The van der Waals surface area contributed by atoms with Crippen molar-refractivity contribution in [1.29, 1.82) is 0 Å². The fourth-order valence-corrected chi connectivity index (χ4v) is 3.81. The van der Waals surface area contributed by atoms with Gasteiger partial charge in [-0.05, 0) is 46.2 Å². The van der Waals surface area contributed by atoms with E-state index in [1.54, 1.807) is 11.1 Å². The fraction of sp³-hybridized carbons (Fsp3) is 0.316. The molecule has 29 heavy (non-hydrogen) atoms. The lowest BCUT2D eigenvalue weighted by molar-refractivity contribution is -0.143. The average Bonchev–Trinajstić information content (AvgIpc) is 3.44. The summed E-state index contributed by atoms with van der Waals surface area (Å²) in [6.45, 7) is 1.40. The summed E-state index contributed by atoms with van der Waals surface area (Å²) in [6.07, 6.45) is 1.03. The highest BCUT2D eigenvalue weighted by Gasteiger charge is 2.47. The Kier molecular flexibility index (Phi) is 4.04. The van der Waals surface area contributed by atoms with E-state index in [0.717, 1.165) is 22.4 Å². The summed E-state index contributed by atoms with van der Waals surface area (Å²) >= 11 is 0. The van der Waals surface area contributed by atoms with Crippen LogP contribution < -0.4 is 4.90 Å². The molecule has 3 aliphatic heterocycles. The Morgan fingerprint density at radius 2 is 2.00 bits per heavy atom. The molecule has 10 nitrogen and oxygen atoms in total. The van der Waals surface area contributed by atoms with E-state index in [9.17, 15) is 9.59 Å². The Hall–Kier alpha value is -3.69. The maximum absolute atomic E-state index is 12.3. The minimum absolute atomic E-state index is 0.0598. The van der Waals surface area contributed by atoms with Crippen molar-refractivity contribution in [1.82, 2.24) is 4.98 Å². The molecule has 3 aliphatic rings. The number of carbonyl (C=O) groups is 2. The first-order chi connectivity index (χ1) is 14.1. The summed E-state index contributed by atoms with van der Waals surface area (Å²) in [5.74, 6) is -0.395. The second-order valence-electron chi connectivity index (χ2n) is 6.96. The van der Waals surface area contributed by atoms with Crippen molar-refractivity contribution in [3.63, 3.8) is 0 Å². The zero-order valence-electron chi connectivity index (χ0n) is 15.4. The lowest BCUT2D eigenvalue weighted by Gasteiger charge is -2.16. The van der Waals surface area contributed by atoms with Crippen LogP contribution in [-0.4, -0.2) is 35.8 Å². The normalized spacial score (nSPS) is 22.0. The minimum atomic E-state index is -0.476. The van der Waals surface area contributed by atoms with Gasteiger partial charge in [0.1, 0.15) is 6.61 Å². The molecule has 0 radical (unpaired) electrons. The van der Waals surface area contributed by atoms with E-state index in [0.29, 0.717) is 12.1 Å². The second-order valence-corrected chi connectivity index (χ2v) is 6.96. The fourth-order valence-electron chi connectivity index (χ4n) is 3.81. The largest absolute Gasteiger partial charge is 0.462 e. The number of ether oxygens (including phenoxy) is 2. The van der Waals surface area contributed by atoms with Crippen molar-refractivity contribution in [2.24, 2.45) is 20.7 Å². The van der Waals surface area contributed by atoms with Crippen LogP contribution in [0.15, 0.2) is 57.2 Å². The highest BCUT2D eigenvalue weighted by Crippen LogP contribution is 2.40. The molecule has 0 bridgehead atoms. The maximum Gasteiger partial charge on any atom is 0.415 e. The lowest BCUT2D eigenvalue weighted by Crippen LogP contribution is -2.35. The summed E-state index contributed by atoms with van der Waals surface area (Å²) in [7, 11) is 0. The van der Waals surface area contributed by atoms with Crippen LogP contribution in [-0.2, 0) is 20.7 Å². The van der Waals surface area contributed by atoms with Crippen molar-refractivity contribution in [3.8, 4) is 11.1 Å². The van der Waals surface area contributed by atoms with E-state index in [1.165, 1.54) is 6.92 Å². The summed E-state index contributed by atoms with van der Waals surface area (Å²) in [4.78, 5) is 29.5. The van der Waals surface area contributed by atoms with Crippen LogP contribution >= 0.6 is 0 Å². The third kappa shape index (κ3) is 3.02. The number of benzene rings is 1. The smallest absolute Gasteiger partial charge is 0.415 e. The molecule has 2 aromatic rings. The summed E-state index contributed by atoms with van der Waals surface area (Å²) in [5.41, 5.74) is 4.47. The molecule has 0 unspecified atom stereocenters. The molecule has 0 saturated carbocycles. The van der Waals surface area contributed by atoms with E-state index < -0.39 is 24.3 Å².